The fourth-order valence-corrected chi connectivity index (χ4v) is 2.54. The lowest BCUT2D eigenvalue weighted by atomic mass is 9.99. The second-order valence-corrected chi connectivity index (χ2v) is 5.19. The minimum atomic E-state index is 0.253. The fourth-order valence-electron chi connectivity index (χ4n) is 2.54. The summed E-state index contributed by atoms with van der Waals surface area (Å²) in [4.78, 5) is 0. The summed E-state index contributed by atoms with van der Waals surface area (Å²) in [6.07, 6.45) is 3.64. The summed E-state index contributed by atoms with van der Waals surface area (Å²) in [6, 6.07) is 15.3. The molecule has 1 unspecified atom stereocenters. The Bertz CT molecular complexity index is 518. The molecule has 0 aliphatic rings. The molecule has 1 N–H and O–H groups in total. The van der Waals surface area contributed by atoms with Gasteiger partial charge in [-0.25, -0.2) is 0 Å². The molecule has 20 heavy (non-hydrogen) atoms. The van der Waals surface area contributed by atoms with Crippen LogP contribution >= 0.6 is 0 Å². The Hall–Kier alpha value is -1.38. The molecule has 0 aliphatic heterocycles. The van der Waals surface area contributed by atoms with Crippen molar-refractivity contribution in [1.29, 1.82) is 0 Å². The molecule has 0 heterocycles. The second kappa shape index (κ2) is 8.03. The van der Waals surface area contributed by atoms with Crippen molar-refractivity contribution in [3.63, 3.8) is 0 Å². The standard InChI is InChI=1S/C18H25NO/c1-3-4-7-13-20-14-18(19-2)17-12-8-10-15-9-5-6-11-16(15)17/h5-6,8-12,18-19H,3-4,7,13-14H2,1-2H3. The van der Waals surface area contributed by atoms with Gasteiger partial charge < -0.3 is 10.1 Å². The van der Waals surface area contributed by atoms with Gasteiger partial charge >= 0.3 is 0 Å². The highest BCUT2D eigenvalue weighted by Gasteiger charge is 2.12. The van der Waals surface area contributed by atoms with Crippen LogP contribution in [0.3, 0.4) is 0 Å². The highest BCUT2D eigenvalue weighted by molar-refractivity contribution is 5.86. The van der Waals surface area contributed by atoms with Crippen LogP contribution in [0.4, 0.5) is 0 Å². The monoisotopic (exact) mass is 271 g/mol. The van der Waals surface area contributed by atoms with Gasteiger partial charge in [0.1, 0.15) is 0 Å². The molecule has 108 valence electrons. The van der Waals surface area contributed by atoms with Crippen LogP contribution in [-0.4, -0.2) is 20.3 Å². The number of rotatable bonds is 8. The Labute approximate surface area is 122 Å². The Morgan fingerprint density at radius 2 is 1.85 bits per heavy atom. The van der Waals surface area contributed by atoms with E-state index in [4.69, 9.17) is 4.74 Å². The van der Waals surface area contributed by atoms with E-state index >= 15 is 0 Å². The molecule has 0 saturated heterocycles. The number of benzene rings is 2. The minimum Gasteiger partial charge on any atom is -0.379 e. The molecule has 0 spiro atoms. The SMILES string of the molecule is CCCCCOCC(NC)c1cccc2ccccc12. The summed E-state index contributed by atoms with van der Waals surface area (Å²) in [5.41, 5.74) is 1.32. The van der Waals surface area contributed by atoms with Crippen molar-refractivity contribution in [2.24, 2.45) is 0 Å². The van der Waals surface area contributed by atoms with Crippen molar-refractivity contribution in [2.45, 2.75) is 32.2 Å². The number of ether oxygens (including phenoxy) is 1. The maximum absolute atomic E-state index is 5.83. The lowest BCUT2D eigenvalue weighted by Crippen LogP contribution is -2.22. The summed E-state index contributed by atoms with van der Waals surface area (Å²) >= 11 is 0. The van der Waals surface area contributed by atoms with Crippen molar-refractivity contribution >= 4 is 10.8 Å². The molecule has 2 nitrogen and oxygen atoms in total. The zero-order chi connectivity index (χ0) is 14.2. The van der Waals surface area contributed by atoms with Gasteiger partial charge in [-0.3, -0.25) is 0 Å². The number of hydrogen-bond donors (Lipinski definition) is 1. The third kappa shape index (κ3) is 3.81. The molecule has 0 amide bonds. The van der Waals surface area contributed by atoms with Gasteiger partial charge in [0.2, 0.25) is 0 Å². The normalized spacial score (nSPS) is 12.7. The molecule has 1 atom stereocenters. The average Bonchev–Trinajstić information content (AvgIpc) is 2.51. The number of likely N-dealkylation sites (N-methyl/N-ethyl adjacent to an activating group) is 1. The molecule has 0 saturated carbocycles. The van der Waals surface area contributed by atoms with Crippen molar-refractivity contribution in [3.8, 4) is 0 Å². The molecule has 0 radical (unpaired) electrons. The van der Waals surface area contributed by atoms with E-state index in [1.165, 1.54) is 29.2 Å². The molecule has 2 heteroatoms. The molecule has 2 rings (SSSR count). The van der Waals surface area contributed by atoms with Gasteiger partial charge in [0.15, 0.2) is 0 Å². The first-order valence-corrected chi connectivity index (χ1v) is 7.59. The zero-order valence-corrected chi connectivity index (χ0v) is 12.6. The predicted octanol–water partition coefficient (Wildman–Crippen LogP) is 4.31. The van der Waals surface area contributed by atoms with E-state index in [1.54, 1.807) is 0 Å². The maximum Gasteiger partial charge on any atom is 0.0661 e. The van der Waals surface area contributed by atoms with Gasteiger partial charge in [0, 0.05) is 6.61 Å². The summed E-state index contributed by atoms with van der Waals surface area (Å²) < 4.78 is 5.83. The molecule has 0 fully saturated rings. The third-order valence-corrected chi connectivity index (χ3v) is 3.72. The van der Waals surface area contributed by atoms with Gasteiger partial charge in [-0.2, -0.15) is 0 Å². The van der Waals surface area contributed by atoms with Gasteiger partial charge in [-0.05, 0) is 29.8 Å². The zero-order valence-electron chi connectivity index (χ0n) is 12.6. The highest BCUT2D eigenvalue weighted by Crippen LogP contribution is 2.24. The smallest absolute Gasteiger partial charge is 0.0661 e. The molecular formula is C18H25NO. The van der Waals surface area contributed by atoms with E-state index in [9.17, 15) is 0 Å². The van der Waals surface area contributed by atoms with E-state index in [0.29, 0.717) is 0 Å². The third-order valence-electron chi connectivity index (χ3n) is 3.72. The molecular weight excluding hydrogens is 246 g/mol. The lowest BCUT2D eigenvalue weighted by Gasteiger charge is -2.19. The highest BCUT2D eigenvalue weighted by atomic mass is 16.5. The van der Waals surface area contributed by atoms with Crippen LogP contribution in [0.5, 0.6) is 0 Å². The Morgan fingerprint density at radius 1 is 1.05 bits per heavy atom. The molecule has 2 aromatic rings. The second-order valence-electron chi connectivity index (χ2n) is 5.19. The first kappa shape index (κ1) is 15.0. The van der Waals surface area contributed by atoms with E-state index in [1.807, 2.05) is 7.05 Å². The quantitative estimate of drug-likeness (QED) is 0.722. The molecule has 2 aromatic carbocycles. The van der Waals surface area contributed by atoms with Gasteiger partial charge in [0.25, 0.3) is 0 Å². The predicted molar refractivity (Wildman–Crippen MR) is 86.1 cm³/mol. The molecule has 0 aromatic heterocycles. The van der Waals surface area contributed by atoms with Gasteiger partial charge in [-0.1, -0.05) is 62.2 Å². The van der Waals surface area contributed by atoms with Crippen molar-refractivity contribution in [3.05, 3.63) is 48.0 Å². The van der Waals surface area contributed by atoms with Crippen LogP contribution in [-0.2, 0) is 4.74 Å². The number of nitrogens with one attached hydrogen (secondary N) is 1. The van der Waals surface area contributed by atoms with Gasteiger partial charge in [0.05, 0.1) is 12.6 Å². The Balaban J connectivity index is 2.05. The topological polar surface area (TPSA) is 21.3 Å². The maximum atomic E-state index is 5.83. The van der Waals surface area contributed by atoms with E-state index in [-0.39, 0.29) is 6.04 Å². The summed E-state index contributed by atoms with van der Waals surface area (Å²) in [6.45, 7) is 3.80. The number of unbranched alkanes of at least 4 members (excludes halogenated alkanes) is 2. The van der Waals surface area contributed by atoms with E-state index in [0.717, 1.165) is 19.6 Å². The van der Waals surface area contributed by atoms with Crippen LogP contribution in [0.15, 0.2) is 42.5 Å². The first-order chi connectivity index (χ1) is 9.86. The van der Waals surface area contributed by atoms with Crippen molar-refractivity contribution < 1.29 is 4.74 Å². The molecule has 0 bridgehead atoms. The van der Waals surface area contributed by atoms with Crippen LogP contribution in [0.1, 0.15) is 37.8 Å². The van der Waals surface area contributed by atoms with Gasteiger partial charge in [-0.15, -0.1) is 0 Å². The van der Waals surface area contributed by atoms with E-state index < -0.39 is 0 Å². The first-order valence-electron chi connectivity index (χ1n) is 7.59. The average molecular weight is 271 g/mol. The van der Waals surface area contributed by atoms with E-state index in [2.05, 4.69) is 54.7 Å². The lowest BCUT2D eigenvalue weighted by molar-refractivity contribution is 0.110. The van der Waals surface area contributed by atoms with Crippen molar-refractivity contribution in [2.75, 3.05) is 20.3 Å². The summed E-state index contributed by atoms with van der Waals surface area (Å²) in [5.74, 6) is 0. The summed E-state index contributed by atoms with van der Waals surface area (Å²) in [7, 11) is 2.00. The number of fused-ring (bicyclic) bond motifs is 1. The van der Waals surface area contributed by atoms with Crippen molar-refractivity contribution in [1.82, 2.24) is 5.32 Å². The fraction of sp³-hybridized carbons (Fsp3) is 0.444. The van der Waals surface area contributed by atoms with Crippen LogP contribution < -0.4 is 5.32 Å². The Morgan fingerprint density at radius 3 is 2.65 bits per heavy atom. The number of hydrogen-bond acceptors (Lipinski definition) is 2. The minimum absolute atomic E-state index is 0.253. The van der Waals surface area contributed by atoms with Crippen LogP contribution in [0.25, 0.3) is 10.8 Å². The van der Waals surface area contributed by atoms with Crippen LogP contribution in [0.2, 0.25) is 0 Å². The Kier molecular flexibility index (Phi) is 6.03. The van der Waals surface area contributed by atoms with Crippen LogP contribution in [0, 0.1) is 0 Å². The largest absolute Gasteiger partial charge is 0.379 e. The molecule has 0 aliphatic carbocycles. The summed E-state index contributed by atoms with van der Waals surface area (Å²) in [5, 5.41) is 5.98.